The first-order chi connectivity index (χ1) is 7.07. The monoisotopic (exact) mass is 296 g/mol. The van der Waals surface area contributed by atoms with E-state index in [1.165, 1.54) is 11.3 Å². The molecule has 0 aliphatic heterocycles. The topological polar surface area (TPSA) is 46.5 Å². The third-order valence-corrected chi connectivity index (χ3v) is 3.64. The first-order valence-corrected chi connectivity index (χ1v) is 5.96. The molecule has 0 aliphatic rings. The van der Waals surface area contributed by atoms with Crippen LogP contribution in [-0.4, -0.2) is 23.9 Å². The van der Waals surface area contributed by atoms with Crippen molar-refractivity contribution in [1.29, 1.82) is 0 Å². The molecule has 84 valence electrons. The first-order valence-electron chi connectivity index (χ1n) is 4.29. The predicted octanol–water partition coefficient (Wildman–Crippen LogP) is 2.45. The van der Waals surface area contributed by atoms with Crippen LogP contribution in [0.1, 0.15) is 17.9 Å². The second-order valence-corrected chi connectivity index (χ2v) is 4.53. The van der Waals surface area contributed by atoms with Crippen molar-refractivity contribution in [2.24, 2.45) is 0 Å². The number of alkyl halides is 1. The SMILES string of the molecule is CCOC(=O)C(F)C(O)c1sccc1Br. The zero-order chi connectivity index (χ0) is 11.4. The van der Waals surface area contributed by atoms with Crippen LogP contribution in [0.25, 0.3) is 0 Å². The number of rotatable bonds is 4. The Morgan fingerprint density at radius 2 is 2.47 bits per heavy atom. The summed E-state index contributed by atoms with van der Waals surface area (Å²) in [7, 11) is 0. The Hall–Kier alpha value is -0.460. The van der Waals surface area contributed by atoms with Gasteiger partial charge in [-0.25, -0.2) is 9.18 Å². The lowest BCUT2D eigenvalue weighted by molar-refractivity contribution is -0.153. The fourth-order valence-corrected chi connectivity index (χ4v) is 2.61. The fraction of sp³-hybridized carbons (Fsp3) is 0.444. The number of carbonyl (C=O) groups is 1. The van der Waals surface area contributed by atoms with Crippen LogP contribution in [0.15, 0.2) is 15.9 Å². The Kier molecular flexibility index (Phi) is 4.69. The van der Waals surface area contributed by atoms with Gasteiger partial charge in [-0.15, -0.1) is 11.3 Å². The van der Waals surface area contributed by atoms with E-state index in [9.17, 15) is 14.3 Å². The van der Waals surface area contributed by atoms with Crippen LogP contribution in [0.2, 0.25) is 0 Å². The van der Waals surface area contributed by atoms with Gasteiger partial charge < -0.3 is 9.84 Å². The molecule has 3 nitrogen and oxygen atoms in total. The summed E-state index contributed by atoms with van der Waals surface area (Å²) >= 11 is 4.33. The van der Waals surface area contributed by atoms with E-state index in [1.807, 2.05) is 0 Å². The lowest BCUT2D eigenvalue weighted by atomic mass is 10.2. The molecule has 0 amide bonds. The molecular weight excluding hydrogens is 287 g/mol. The van der Waals surface area contributed by atoms with E-state index < -0.39 is 18.2 Å². The summed E-state index contributed by atoms with van der Waals surface area (Å²) in [6.07, 6.45) is -3.52. The molecule has 2 unspecified atom stereocenters. The number of aliphatic hydroxyl groups excluding tert-OH is 1. The van der Waals surface area contributed by atoms with Crippen molar-refractivity contribution in [2.75, 3.05) is 6.61 Å². The van der Waals surface area contributed by atoms with Gasteiger partial charge in [0, 0.05) is 4.47 Å². The molecular formula is C9H10BrFO3S. The fourth-order valence-electron chi connectivity index (χ4n) is 1.00. The molecule has 0 bridgehead atoms. The number of thiophene rings is 1. The maximum atomic E-state index is 13.4. The summed E-state index contributed by atoms with van der Waals surface area (Å²) in [5.74, 6) is -1.04. The Labute approximate surface area is 99.0 Å². The van der Waals surface area contributed by atoms with Gasteiger partial charge in [0.2, 0.25) is 6.17 Å². The maximum absolute atomic E-state index is 13.4. The minimum absolute atomic E-state index is 0.0948. The zero-order valence-corrected chi connectivity index (χ0v) is 10.3. The van der Waals surface area contributed by atoms with Crippen LogP contribution in [0.5, 0.6) is 0 Å². The minimum Gasteiger partial charge on any atom is -0.464 e. The van der Waals surface area contributed by atoms with Crippen LogP contribution in [0, 0.1) is 0 Å². The molecule has 1 aromatic heterocycles. The number of esters is 1. The highest BCUT2D eigenvalue weighted by molar-refractivity contribution is 9.10. The maximum Gasteiger partial charge on any atom is 0.343 e. The minimum atomic E-state index is -2.04. The highest BCUT2D eigenvalue weighted by Gasteiger charge is 2.31. The first kappa shape index (κ1) is 12.6. The normalized spacial score (nSPS) is 14.7. The van der Waals surface area contributed by atoms with Crippen molar-refractivity contribution in [1.82, 2.24) is 0 Å². The number of aliphatic hydroxyl groups is 1. The molecule has 1 aromatic rings. The van der Waals surface area contributed by atoms with Crippen LogP contribution >= 0.6 is 27.3 Å². The van der Waals surface area contributed by atoms with Gasteiger partial charge in [0.05, 0.1) is 11.5 Å². The van der Waals surface area contributed by atoms with Crippen LogP contribution in [0.3, 0.4) is 0 Å². The quantitative estimate of drug-likeness (QED) is 0.868. The van der Waals surface area contributed by atoms with Gasteiger partial charge in [0.15, 0.2) is 0 Å². The summed E-state index contributed by atoms with van der Waals surface area (Å²) in [6.45, 7) is 1.68. The second kappa shape index (κ2) is 5.58. The zero-order valence-electron chi connectivity index (χ0n) is 7.94. The number of halogens is 2. The van der Waals surface area contributed by atoms with E-state index in [4.69, 9.17) is 0 Å². The average Bonchev–Trinajstić information content (AvgIpc) is 2.62. The predicted molar refractivity (Wildman–Crippen MR) is 58.5 cm³/mol. The molecule has 0 saturated carbocycles. The molecule has 2 atom stereocenters. The van der Waals surface area contributed by atoms with Gasteiger partial charge >= 0.3 is 5.97 Å². The van der Waals surface area contributed by atoms with Gasteiger partial charge in [-0.3, -0.25) is 0 Å². The molecule has 1 heterocycles. The summed E-state index contributed by atoms with van der Waals surface area (Å²) in [6, 6.07) is 1.68. The lowest BCUT2D eigenvalue weighted by Crippen LogP contribution is -2.25. The van der Waals surface area contributed by atoms with E-state index in [1.54, 1.807) is 18.4 Å². The Bertz CT molecular complexity index is 342. The van der Waals surface area contributed by atoms with E-state index in [0.29, 0.717) is 9.35 Å². The third kappa shape index (κ3) is 2.99. The lowest BCUT2D eigenvalue weighted by Gasteiger charge is -2.13. The number of hydrogen-bond donors (Lipinski definition) is 1. The van der Waals surface area contributed by atoms with Crippen molar-refractivity contribution in [3.63, 3.8) is 0 Å². The highest BCUT2D eigenvalue weighted by atomic mass is 79.9. The third-order valence-electron chi connectivity index (χ3n) is 1.70. The Morgan fingerprint density at radius 1 is 1.80 bits per heavy atom. The van der Waals surface area contributed by atoms with Gasteiger partial charge in [-0.05, 0) is 34.3 Å². The highest BCUT2D eigenvalue weighted by Crippen LogP contribution is 2.32. The second-order valence-electron chi connectivity index (χ2n) is 2.73. The van der Waals surface area contributed by atoms with E-state index in [0.717, 1.165) is 0 Å². The number of carbonyl (C=O) groups excluding carboxylic acids is 1. The van der Waals surface area contributed by atoms with Crippen molar-refractivity contribution in [3.8, 4) is 0 Å². The summed E-state index contributed by atoms with van der Waals surface area (Å²) in [5, 5.41) is 11.3. The van der Waals surface area contributed by atoms with Crippen LogP contribution in [0.4, 0.5) is 4.39 Å². The van der Waals surface area contributed by atoms with Crippen molar-refractivity contribution in [3.05, 3.63) is 20.8 Å². The molecule has 0 spiro atoms. The van der Waals surface area contributed by atoms with Gasteiger partial charge in [0.25, 0.3) is 0 Å². The summed E-state index contributed by atoms with van der Waals surface area (Å²) in [5.41, 5.74) is 0. The Morgan fingerprint density at radius 3 is 2.93 bits per heavy atom. The summed E-state index contributed by atoms with van der Waals surface area (Å²) in [4.78, 5) is 11.4. The largest absolute Gasteiger partial charge is 0.464 e. The van der Waals surface area contributed by atoms with Crippen LogP contribution < -0.4 is 0 Å². The Balaban J connectivity index is 2.72. The molecule has 0 saturated heterocycles. The molecule has 1 rings (SSSR count). The van der Waals surface area contributed by atoms with Crippen molar-refractivity contribution >= 4 is 33.2 Å². The molecule has 0 aliphatic carbocycles. The van der Waals surface area contributed by atoms with Gasteiger partial charge in [-0.1, -0.05) is 0 Å². The van der Waals surface area contributed by atoms with Crippen molar-refractivity contribution in [2.45, 2.75) is 19.2 Å². The molecule has 0 aromatic carbocycles. The molecule has 6 heteroatoms. The average molecular weight is 297 g/mol. The van der Waals surface area contributed by atoms with E-state index in [2.05, 4.69) is 20.7 Å². The number of hydrogen-bond acceptors (Lipinski definition) is 4. The van der Waals surface area contributed by atoms with E-state index >= 15 is 0 Å². The van der Waals surface area contributed by atoms with Crippen molar-refractivity contribution < 1.29 is 19.0 Å². The number of ether oxygens (including phenoxy) is 1. The molecule has 1 N–H and O–H groups in total. The summed E-state index contributed by atoms with van der Waals surface area (Å²) < 4.78 is 18.4. The van der Waals surface area contributed by atoms with Gasteiger partial charge in [-0.2, -0.15) is 0 Å². The van der Waals surface area contributed by atoms with Crippen LogP contribution in [-0.2, 0) is 9.53 Å². The smallest absolute Gasteiger partial charge is 0.343 e. The molecule has 15 heavy (non-hydrogen) atoms. The molecule has 0 fully saturated rings. The van der Waals surface area contributed by atoms with E-state index in [-0.39, 0.29) is 6.61 Å². The molecule has 0 radical (unpaired) electrons. The van der Waals surface area contributed by atoms with Gasteiger partial charge in [0.1, 0.15) is 6.10 Å². The standard InChI is InChI=1S/C9H10BrFO3S/c1-2-14-9(13)6(11)7(12)8-5(10)3-4-15-8/h3-4,6-7,12H,2H2,1H3.